The average Bonchev–Trinajstić information content (AvgIpc) is 3.05. The summed E-state index contributed by atoms with van der Waals surface area (Å²) in [4.78, 5) is 0. The summed E-state index contributed by atoms with van der Waals surface area (Å²) in [5.74, 6) is -0.154. The van der Waals surface area contributed by atoms with E-state index in [-0.39, 0.29) is 11.7 Å². The summed E-state index contributed by atoms with van der Waals surface area (Å²) in [6, 6.07) is 33.0. The lowest BCUT2D eigenvalue weighted by molar-refractivity contribution is 0.626. The van der Waals surface area contributed by atoms with Crippen LogP contribution in [0.2, 0.25) is 0 Å². The Balaban J connectivity index is 1.80. The smallest absolute Gasteiger partial charge is 0.123 e. The molecule has 0 unspecified atom stereocenters. The molecule has 0 spiro atoms. The zero-order valence-electron chi connectivity index (χ0n) is 15.2. The number of benzene rings is 5. The molecule has 0 aliphatic heterocycles. The molecule has 0 aromatic heterocycles. The SMILES string of the molecule is Fc1ccc2c(c1)[C@@H](c1c3ccccc3cc3ccccc13)c1ccccc1-2. The van der Waals surface area contributed by atoms with Gasteiger partial charge in [0.05, 0.1) is 0 Å². The molecule has 132 valence electrons. The second-order valence-electron chi connectivity index (χ2n) is 7.48. The molecule has 6 rings (SSSR count). The minimum Gasteiger partial charge on any atom is -0.207 e. The van der Waals surface area contributed by atoms with Crippen molar-refractivity contribution in [2.24, 2.45) is 0 Å². The van der Waals surface area contributed by atoms with Gasteiger partial charge in [0.2, 0.25) is 0 Å². The summed E-state index contributed by atoms with van der Waals surface area (Å²) >= 11 is 0. The Kier molecular flexibility index (Phi) is 3.21. The highest BCUT2D eigenvalue weighted by Crippen LogP contribution is 2.51. The summed E-state index contributed by atoms with van der Waals surface area (Å²) in [6.45, 7) is 0. The van der Waals surface area contributed by atoms with Crippen LogP contribution in [-0.2, 0) is 0 Å². The van der Waals surface area contributed by atoms with E-state index in [1.165, 1.54) is 38.2 Å². The van der Waals surface area contributed by atoms with E-state index in [1.807, 2.05) is 6.07 Å². The van der Waals surface area contributed by atoms with Gasteiger partial charge in [-0.1, -0.05) is 78.9 Å². The molecule has 0 saturated heterocycles. The second-order valence-corrected chi connectivity index (χ2v) is 7.48. The number of halogens is 1. The van der Waals surface area contributed by atoms with Crippen LogP contribution in [0.1, 0.15) is 22.6 Å². The van der Waals surface area contributed by atoms with E-state index in [4.69, 9.17) is 0 Å². The molecule has 0 amide bonds. The van der Waals surface area contributed by atoms with Gasteiger partial charge in [0.25, 0.3) is 0 Å². The van der Waals surface area contributed by atoms with Gasteiger partial charge in [-0.25, -0.2) is 4.39 Å². The predicted octanol–water partition coefficient (Wildman–Crippen LogP) is 7.29. The standard InChI is InChI=1S/C27H17F/c28-19-13-14-23-22-11-5-6-12-24(22)27(25(23)16-19)26-20-9-3-1-7-17(20)15-18-8-2-4-10-21(18)26/h1-16,27H/t27-/m0/s1. The topological polar surface area (TPSA) is 0 Å². The fourth-order valence-corrected chi connectivity index (χ4v) is 4.85. The third kappa shape index (κ3) is 2.10. The van der Waals surface area contributed by atoms with Gasteiger partial charge in [-0.05, 0) is 67.6 Å². The molecule has 0 N–H and O–H groups in total. The lowest BCUT2D eigenvalue weighted by Crippen LogP contribution is -2.02. The van der Waals surface area contributed by atoms with E-state index in [2.05, 4.69) is 78.9 Å². The van der Waals surface area contributed by atoms with Crippen molar-refractivity contribution in [3.8, 4) is 11.1 Å². The molecule has 1 heteroatoms. The maximum atomic E-state index is 14.3. The van der Waals surface area contributed by atoms with Crippen molar-refractivity contribution in [2.45, 2.75) is 5.92 Å². The van der Waals surface area contributed by atoms with Crippen molar-refractivity contribution in [3.63, 3.8) is 0 Å². The predicted molar refractivity (Wildman–Crippen MR) is 114 cm³/mol. The van der Waals surface area contributed by atoms with Crippen LogP contribution >= 0.6 is 0 Å². The van der Waals surface area contributed by atoms with Gasteiger partial charge in [-0.3, -0.25) is 0 Å². The highest BCUT2D eigenvalue weighted by Gasteiger charge is 2.32. The van der Waals surface area contributed by atoms with Gasteiger partial charge in [-0.15, -0.1) is 0 Å². The maximum absolute atomic E-state index is 14.3. The van der Waals surface area contributed by atoms with Crippen molar-refractivity contribution in [1.82, 2.24) is 0 Å². The highest BCUT2D eigenvalue weighted by atomic mass is 19.1. The summed E-state index contributed by atoms with van der Waals surface area (Å²) < 4.78 is 14.3. The van der Waals surface area contributed by atoms with Crippen molar-refractivity contribution in [3.05, 3.63) is 120 Å². The van der Waals surface area contributed by atoms with Gasteiger partial charge in [0, 0.05) is 5.92 Å². The molecular weight excluding hydrogens is 343 g/mol. The van der Waals surface area contributed by atoms with Gasteiger partial charge < -0.3 is 0 Å². The van der Waals surface area contributed by atoms with Crippen LogP contribution in [0.15, 0.2) is 97.1 Å². The van der Waals surface area contributed by atoms with E-state index in [0.29, 0.717) is 0 Å². The number of rotatable bonds is 1. The quantitative estimate of drug-likeness (QED) is 0.270. The van der Waals surface area contributed by atoms with E-state index in [0.717, 1.165) is 11.1 Å². The van der Waals surface area contributed by atoms with Crippen LogP contribution < -0.4 is 0 Å². The Morgan fingerprint density at radius 2 is 1.14 bits per heavy atom. The molecule has 0 bridgehead atoms. The molecule has 1 aliphatic rings. The summed E-state index contributed by atoms with van der Waals surface area (Å²) in [5.41, 5.74) is 5.93. The van der Waals surface area contributed by atoms with E-state index < -0.39 is 0 Å². The Morgan fingerprint density at radius 1 is 0.536 bits per heavy atom. The monoisotopic (exact) mass is 360 g/mol. The Labute approximate surface area is 162 Å². The lowest BCUT2D eigenvalue weighted by atomic mass is 9.83. The summed E-state index contributed by atoms with van der Waals surface area (Å²) in [5, 5.41) is 4.91. The average molecular weight is 360 g/mol. The van der Waals surface area contributed by atoms with Gasteiger partial charge in [0.1, 0.15) is 5.82 Å². The maximum Gasteiger partial charge on any atom is 0.123 e. The molecule has 0 nitrogen and oxygen atoms in total. The second kappa shape index (κ2) is 5.77. The molecule has 0 radical (unpaired) electrons. The van der Waals surface area contributed by atoms with E-state index in [1.54, 1.807) is 12.1 Å². The fourth-order valence-electron chi connectivity index (χ4n) is 4.85. The normalized spacial score (nSPS) is 15.0. The minimum absolute atomic E-state index is 0.0258. The molecule has 0 saturated carbocycles. The Hall–Kier alpha value is -3.45. The van der Waals surface area contributed by atoms with Gasteiger partial charge >= 0.3 is 0 Å². The third-order valence-corrected chi connectivity index (χ3v) is 5.99. The van der Waals surface area contributed by atoms with Crippen LogP contribution in [0.3, 0.4) is 0 Å². The van der Waals surface area contributed by atoms with E-state index >= 15 is 0 Å². The minimum atomic E-state index is -0.180. The first-order valence-corrected chi connectivity index (χ1v) is 9.60. The van der Waals surface area contributed by atoms with Crippen molar-refractivity contribution in [1.29, 1.82) is 0 Å². The molecule has 1 aliphatic carbocycles. The molecule has 5 aromatic rings. The van der Waals surface area contributed by atoms with Crippen LogP contribution in [0.25, 0.3) is 32.7 Å². The molecule has 0 heterocycles. The van der Waals surface area contributed by atoms with Crippen LogP contribution in [0.5, 0.6) is 0 Å². The van der Waals surface area contributed by atoms with Crippen LogP contribution in [-0.4, -0.2) is 0 Å². The first-order chi connectivity index (χ1) is 13.8. The van der Waals surface area contributed by atoms with Crippen LogP contribution in [0.4, 0.5) is 4.39 Å². The molecular formula is C27H17F. The number of fused-ring (bicyclic) bond motifs is 5. The third-order valence-electron chi connectivity index (χ3n) is 5.99. The van der Waals surface area contributed by atoms with Gasteiger partial charge in [0.15, 0.2) is 0 Å². The summed E-state index contributed by atoms with van der Waals surface area (Å²) in [7, 11) is 0. The number of hydrogen-bond acceptors (Lipinski definition) is 0. The fraction of sp³-hybridized carbons (Fsp3) is 0.0370. The largest absolute Gasteiger partial charge is 0.207 e. The van der Waals surface area contributed by atoms with E-state index in [9.17, 15) is 4.39 Å². The molecule has 1 atom stereocenters. The van der Waals surface area contributed by atoms with Crippen molar-refractivity contribution >= 4 is 21.5 Å². The lowest BCUT2D eigenvalue weighted by Gasteiger charge is -2.20. The first kappa shape index (κ1) is 15.6. The van der Waals surface area contributed by atoms with Crippen LogP contribution in [0, 0.1) is 5.82 Å². The Morgan fingerprint density at radius 3 is 1.89 bits per heavy atom. The number of hydrogen-bond donors (Lipinski definition) is 0. The van der Waals surface area contributed by atoms with Crippen molar-refractivity contribution < 1.29 is 4.39 Å². The zero-order chi connectivity index (χ0) is 18.7. The van der Waals surface area contributed by atoms with Crippen molar-refractivity contribution in [2.75, 3.05) is 0 Å². The summed E-state index contributed by atoms with van der Waals surface area (Å²) in [6.07, 6.45) is 0. The van der Waals surface area contributed by atoms with Gasteiger partial charge in [-0.2, -0.15) is 0 Å². The molecule has 5 aromatic carbocycles. The zero-order valence-corrected chi connectivity index (χ0v) is 15.2. The Bertz CT molecular complexity index is 1330. The highest BCUT2D eigenvalue weighted by molar-refractivity contribution is 6.04. The first-order valence-electron chi connectivity index (χ1n) is 9.60. The molecule has 28 heavy (non-hydrogen) atoms. The molecule has 0 fully saturated rings.